The second-order valence-corrected chi connectivity index (χ2v) is 2.79. The molecule has 0 aliphatic heterocycles. The van der Waals surface area contributed by atoms with Crippen LogP contribution in [0.15, 0.2) is 0 Å². The van der Waals surface area contributed by atoms with Crippen LogP contribution in [0.3, 0.4) is 0 Å². The third kappa shape index (κ3) is 3.53. The van der Waals surface area contributed by atoms with Gasteiger partial charge >= 0.3 is 0 Å². The lowest BCUT2D eigenvalue weighted by molar-refractivity contribution is 0.170. The van der Waals surface area contributed by atoms with Gasteiger partial charge in [-0.2, -0.15) is 0 Å². The summed E-state index contributed by atoms with van der Waals surface area (Å²) in [7, 11) is 0. The van der Waals surface area contributed by atoms with E-state index in [0.29, 0.717) is 12.3 Å². The van der Waals surface area contributed by atoms with Crippen LogP contribution in [0.4, 0.5) is 0 Å². The minimum Gasteiger partial charge on any atom is -0.392 e. The van der Waals surface area contributed by atoms with Crippen LogP contribution in [0.2, 0.25) is 0 Å². The maximum absolute atomic E-state index is 8.91. The maximum atomic E-state index is 8.91. The molecule has 1 N–H and O–H groups in total. The topological polar surface area (TPSA) is 20.2 Å². The standard InChI is InChI=1S/C5H10Cl2O/c1-4(7)5(8)2-3-6/h4-5,8H,2-3H2,1H3. The van der Waals surface area contributed by atoms with Crippen molar-refractivity contribution in [1.29, 1.82) is 0 Å². The normalized spacial score (nSPS) is 18.0. The maximum Gasteiger partial charge on any atom is 0.0712 e. The lowest BCUT2D eigenvalue weighted by Gasteiger charge is -2.08. The second-order valence-electron chi connectivity index (χ2n) is 1.72. The molecule has 0 bridgehead atoms. The molecule has 2 atom stereocenters. The number of hydrogen-bond donors (Lipinski definition) is 1. The van der Waals surface area contributed by atoms with Gasteiger partial charge in [0.2, 0.25) is 0 Å². The van der Waals surface area contributed by atoms with Crippen molar-refractivity contribution in [2.75, 3.05) is 5.88 Å². The summed E-state index contributed by atoms with van der Waals surface area (Å²) in [5.74, 6) is 0.470. The molecule has 8 heavy (non-hydrogen) atoms. The van der Waals surface area contributed by atoms with Crippen molar-refractivity contribution in [3.05, 3.63) is 0 Å². The second kappa shape index (κ2) is 4.42. The smallest absolute Gasteiger partial charge is 0.0712 e. The van der Waals surface area contributed by atoms with Crippen LogP contribution in [-0.4, -0.2) is 22.5 Å². The third-order valence-electron chi connectivity index (χ3n) is 0.935. The fourth-order valence-corrected chi connectivity index (χ4v) is 0.691. The molecule has 1 nitrogen and oxygen atoms in total. The van der Waals surface area contributed by atoms with Gasteiger partial charge in [-0.25, -0.2) is 0 Å². The zero-order valence-corrected chi connectivity index (χ0v) is 6.28. The molecule has 0 radical (unpaired) electrons. The summed E-state index contributed by atoms with van der Waals surface area (Å²) in [5, 5.41) is 8.72. The molecule has 50 valence electrons. The van der Waals surface area contributed by atoms with Gasteiger partial charge in [0.25, 0.3) is 0 Å². The summed E-state index contributed by atoms with van der Waals surface area (Å²) in [6.07, 6.45) is 0.126. The van der Waals surface area contributed by atoms with Gasteiger partial charge in [-0.1, -0.05) is 0 Å². The van der Waals surface area contributed by atoms with E-state index in [0.717, 1.165) is 0 Å². The number of rotatable bonds is 3. The summed E-state index contributed by atoms with van der Waals surface area (Å²) in [5.41, 5.74) is 0. The highest BCUT2D eigenvalue weighted by Crippen LogP contribution is 2.05. The fourth-order valence-electron chi connectivity index (χ4n) is 0.341. The van der Waals surface area contributed by atoms with E-state index in [1.54, 1.807) is 6.92 Å². The molecule has 0 fully saturated rings. The monoisotopic (exact) mass is 156 g/mol. The molecule has 0 aromatic heterocycles. The Hall–Kier alpha value is 0.540. The molecule has 2 unspecified atom stereocenters. The number of aliphatic hydroxyl groups is 1. The molecule has 0 aliphatic rings. The van der Waals surface area contributed by atoms with Crippen LogP contribution in [-0.2, 0) is 0 Å². The first-order valence-electron chi connectivity index (χ1n) is 2.56. The number of alkyl halides is 2. The van der Waals surface area contributed by atoms with Gasteiger partial charge < -0.3 is 5.11 Å². The molecule has 0 amide bonds. The van der Waals surface area contributed by atoms with Crippen LogP contribution >= 0.6 is 23.2 Å². The minimum atomic E-state index is -0.450. The quantitative estimate of drug-likeness (QED) is 0.617. The largest absolute Gasteiger partial charge is 0.392 e. The predicted octanol–water partition coefficient (Wildman–Crippen LogP) is 1.60. The van der Waals surface area contributed by atoms with Crippen LogP contribution in [0.25, 0.3) is 0 Å². The van der Waals surface area contributed by atoms with Gasteiger partial charge in [0, 0.05) is 5.88 Å². The number of hydrogen-bond acceptors (Lipinski definition) is 1. The molecule has 0 aromatic rings. The number of aliphatic hydroxyl groups excluding tert-OH is 1. The lowest BCUT2D eigenvalue weighted by Crippen LogP contribution is -2.17. The van der Waals surface area contributed by atoms with Crippen molar-refractivity contribution >= 4 is 23.2 Å². The van der Waals surface area contributed by atoms with Crippen molar-refractivity contribution in [2.45, 2.75) is 24.8 Å². The summed E-state index contributed by atoms with van der Waals surface area (Å²) >= 11 is 10.8. The van der Waals surface area contributed by atoms with E-state index in [9.17, 15) is 0 Å². The zero-order valence-electron chi connectivity index (χ0n) is 4.77. The van der Waals surface area contributed by atoms with Crippen molar-refractivity contribution < 1.29 is 5.11 Å². The third-order valence-corrected chi connectivity index (χ3v) is 1.44. The Bertz CT molecular complexity index is 56.4. The van der Waals surface area contributed by atoms with Crippen LogP contribution < -0.4 is 0 Å². The first-order chi connectivity index (χ1) is 3.68. The van der Waals surface area contributed by atoms with Crippen LogP contribution in [0.1, 0.15) is 13.3 Å². The van der Waals surface area contributed by atoms with Crippen LogP contribution in [0, 0.1) is 0 Å². The molecule has 0 aromatic carbocycles. The Morgan fingerprint density at radius 1 is 1.62 bits per heavy atom. The summed E-state index contributed by atoms with van der Waals surface area (Å²) in [4.78, 5) is 0. The summed E-state index contributed by atoms with van der Waals surface area (Å²) in [6.45, 7) is 1.75. The Morgan fingerprint density at radius 2 is 2.12 bits per heavy atom. The molecule has 0 heterocycles. The summed E-state index contributed by atoms with van der Waals surface area (Å²) in [6, 6.07) is 0. The highest BCUT2D eigenvalue weighted by molar-refractivity contribution is 6.21. The van der Waals surface area contributed by atoms with E-state index in [-0.39, 0.29) is 5.38 Å². The Morgan fingerprint density at radius 3 is 2.25 bits per heavy atom. The van der Waals surface area contributed by atoms with Crippen molar-refractivity contribution in [3.63, 3.8) is 0 Å². The SMILES string of the molecule is CC(Cl)C(O)CCCl. The van der Waals surface area contributed by atoms with Gasteiger partial charge in [0.1, 0.15) is 0 Å². The van der Waals surface area contributed by atoms with E-state index >= 15 is 0 Å². The molecule has 0 saturated heterocycles. The average molecular weight is 157 g/mol. The average Bonchev–Trinajstić information content (AvgIpc) is 1.67. The lowest BCUT2D eigenvalue weighted by atomic mass is 10.2. The first-order valence-corrected chi connectivity index (χ1v) is 3.53. The highest BCUT2D eigenvalue weighted by Gasteiger charge is 2.08. The van der Waals surface area contributed by atoms with Crippen molar-refractivity contribution in [2.24, 2.45) is 0 Å². The van der Waals surface area contributed by atoms with Crippen molar-refractivity contribution in [1.82, 2.24) is 0 Å². The van der Waals surface area contributed by atoms with Gasteiger partial charge in [-0.15, -0.1) is 23.2 Å². The fraction of sp³-hybridized carbons (Fsp3) is 1.00. The van der Waals surface area contributed by atoms with E-state index in [1.165, 1.54) is 0 Å². The highest BCUT2D eigenvalue weighted by atomic mass is 35.5. The number of halogens is 2. The summed E-state index contributed by atoms with van der Waals surface area (Å²) < 4.78 is 0. The molecule has 0 saturated carbocycles. The Balaban J connectivity index is 3.17. The van der Waals surface area contributed by atoms with Crippen LogP contribution in [0.5, 0.6) is 0 Å². The van der Waals surface area contributed by atoms with E-state index in [1.807, 2.05) is 0 Å². The van der Waals surface area contributed by atoms with Gasteiger partial charge in [0.15, 0.2) is 0 Å². The molecule has 0 spiro atoms. The molecule has 0 aliphatic carbocycles. The van der Waals surface area contributed by atoms with E-state index < -0.39 is 6.10 Å². The zero-order chi connectivity index (χ0) is 6.57. The molecular weight excluding hydrogens is 147 g/mol. The van der Waals surface area contributed by atoms with E-state index in [4.69, 9.17) is 28.3 Å². The molecule has 3 heteroatoms. The Labute approximate surface area is 59.6 Å². The van der Waals surface area contributed by atoms with Gasteiger partial charge in [-0.3, -0.25) is 0 Å². The Kier molecular flexibility index (Phi) is 4.72. The van der Waals surface area contributed by atoms with Gasteiger partial charge in [0.05, 0.1) is 11.5 Å². The first kappa shape index (κ1) is 8.54. The molecular formula is C5H10Cl2O. The van der Waals surface area contributed by atoms with Gasteiger partial charge in [-0.05, 0) is 13.3 Å². The molecule has 0 rings (SSSR count). The van der Waals surface area contributed by atoms with Crippen molar-refractivity contribution in [3.8, 4) is 0 Å². The predicted molar refractivity (Wildman–Crippen MR) is 36.7 cm³/mol. The van der Waals surface area contributed by atoms with E-state index in [2.05, 4.69) is 0 Å². The minimum absolute atomic E-state index is 0.186.